The summed E-state index contributed by atoms with van der Waals surface area (Å²) in [5.41, 5.74) is 0. The van der Waals surface area contributed by atoms with Gasteiger partial charge in [0.15, 0.2) is 0 Å². The molecule has 0 unspecified atom stereocenters. The van der Waals surface area contributed by atoms with Gasteiger partial charge < -0.3 is 5.11 Å². The van der Waals surface area contributed by atoms with E-state index in [1.807, 2.05) is 0 Å². The van der Waals surface area contributed by atoms with Crippen LogP contribution in [0.25, 0.3) is 0 Å². The molecule has 17 heavy (non-hydrogen) atoms. The summed E-state index contributed by atoms with van der Waals surface area (Å²) in [4.78, 5) is -0.226. The van der Waals surface area contributed by atoms with Crippen LogP contribution < -0.4 is 0 Å². The molecule has 0 aliphatic carbocycles. The lowest BCUT2D eigenvalue weighted by atomic mass is 10.1. The van der Waals surface area contributed by atoms with Gasteiger partial charge >= 0.3 is 0 Å². The SMILES string of the molecule is O=S(=O)(c1cc(F)ccc1Cl)N1CC(CO)C1. The first-order valence-electron chi connectivity index (χ1n) is 5.01. The molecule has 4 nitrogen and oxygen atoms in total. The van der Waals surface area contributed by atoms with E-state index < -0.39 is 15.8 Å². The molecule has 1 aliphatic rings. The van der Waals surface area contributed by atoms with E-state index in [9.17, 15) is 12.8 Å². The molecule has 2 rings (SSSR count). The maximum atomic E-state index is 13.0. The van der Waals surface area contributed by atoms with Crippen molar-refractivity contribution in [2.24, 2.45) is 5.92 Å². The Balaban J connectivity index is 2.30. The lowest BCUT2D eigenvalue weighted by Crippen LogP contribution is -2.51. The van der Waals surface area contributed by atoms with Gasteiger partial charge in [0, 0.05) is 25.6 Å². The third-order valence-corrected chi connectivity index (χ3v) is 5.01. The Bertz CT molecular complexity index is 528. The first-order valence-corrected chi connectivity index (χ1v) is 6.83. The number of hydrogen-bond acceptors (Lipinski definition) is 3. The Kier molecular flexibility index (Phi) is 3.40. The Morgan fingerprint density at radius 3 is 2.71 bits per heavy atom. The minimum absolute atomic E-state index is 0.00107. The number of benzene rings is 1. The molecule has 1 N–H and O–H groups in total. The molecule has 7 heteroatoms. The zero-order chi connectivity index (χ0) is 12.6. The van der Waals surface area contributed by atoms with Crippen LogP contribution in [0.4, 0.5) is 4.39 Å². The molecule has 0 atom stereocenters. The lowest BCUT2D eigenvalue weighted by Gasteiger charge is -2.37. The van der Waals surface area contributed by atoms with Gasteiger partial charge in [0.25, 0.3) is 0 Å². The van der Waals surface area contributed by atoms with Crippen LogP contribution in [0.2, 0.25) is 5.02 Å². The Labute approximate surface area is 104 Å². The quantitative estimate of drug-likeness (QED) is 0.901. The minimum atomic E-state index is -3.75. The number of aliphatic hydroxyl groups excluding tert-OH is 1. The second-order valence-corrected chi connectivity index (χ2v) is 6.26. The topological polar surface area (TPSA) is 57.6 Å². The van der Waals surface area contributed by atoms with Crippen LogP contribution in [0.15, 0.2) is 23.1 Å². The van der Waals surface area contributed by atoms with Crippen molar-refractivity contribution in [2.75, 3.05) is 19.7 Å². The second-order valence-electron chi connectivity index (χ2n) is 3.95. The van der Waals surface area contributed by atoms with Gasteiger partial charge in [-0.3, -0.25) is 0 Å². The summed E-state index contributed by atoms with van der Waals surface area (Å²) in [5.74, 6) is -0.690. The fourth-order valence-electron chi connectivity index (χ4n) is 1.65. The molecule has 1 aromatic rings. The standard InChI is InChI=1S/C10H11ClFNO3S/c11-9-2-1-8(12)3-10(9)17(15,16)13-4-7(5-13)6-14/h1-3,7,14H,4-6H2. The largest absolute Gasteiger partial charge is 0.396 e. The number of halogens is 2. The van der Waals surface area contributed by atoms with Gasteiger partial charge in [-0.25, -0.2) is 12.8 Å². The minimum Gasteiger partial charge on any atom is -0.396 e. The van der Waals surface area contributed by atoms with Crippen molar-refractivity contribution >= 4 is 21.6 Å². The van der Waals surface area contributed by atoms with Crippen LogP contribution in [-0.2, 0) is 10.0 Å². The highest BCUT2D eigenvalue weighted by Gasteiger charge is 2.37. The summed E-state index contributed by atoms with van der Waals surface area (Å²) in [6.45, 7) is 0.431. The predicted molar refractivity (Wildman–Crippen MR) is 60.7 cm³/mol. The predicted octanol–water partition coefficient (Wildman–Crippen LogP) is 1.09. The molecule has 0 radical (unpaired) electrons. The highest BCUT2D eigenvalue weighted by molar-refractivity contribution is 7.89. The van der Waals surface area contributed by atoms with E-state index in [2.05, 4.69) is 0 Å². The van der Waals surface area contributed by atoms with Crippen molar-refractivity contribution in [2.45, 2.75) is 4.90 Å². The lowest BCUT2D eigenvalue weighted by molar-refractivity contribution is 0.117. The van der Waals surface area contributed by atoms with Gasteiger partial charge in [-0.15, -0.1) is 0 Å². The van der Waals surface area contributed by atoms with Crippen LogP contribution in [0.3, 0.4) is 0 Å². The summed E-state index contributed by atoms with van der Waals surface area (Å²) >= 11 is 5.75. The molecule has 0 spiro atoms. The van der Waals surface area contributed by atoms with Crippen molar-refractivity contribution in [1.29, 1.82) is 0 Å². The van der Waals surface area contributed by atoms with Gasteiger partial charge in [0.1, 0.15) is 10.7 Å². The third-order valence-electron chi connectivity index (χ3n) is 2.69. The van der Waals surface area contributed by atoms with Crippen LogP contribution >= 0.6 is 11.6 Å². The maximum Gasteiger partial charge on any atom is 0.244 e. The van der Waals surface area contributed by atoms with Gasteiger partial charge in [-0.2, -0.15) is 4.31 Å². The summed E-state index contributed by atoms with van der Waals surface area (Å²) in [6.07, 6.45) is 0. The fraction of sp³-hybridized carbons (Fsp3) is 0.400. The summed E-state index contributed by atoms with van der Waals surface area (Å²) < 4.78 is 38.3. The summed E-state index contributed by atoms with van der Waals surface area (Å²) in [5, 5.41) is 8.83. The van der Waals surface area contributed by atoms with Crippen LogP contribution in [0, 0.1) is 11.7 Å². The van der Waals surface area contributed by atoms with Gasteiger partial charge in [0.2, 0.25) is 10.0 Å². The normalized spacial score (nSPS) is 18.1. The number of sulfonamides is 1. The first kappa shape index (κ1) is 12.8. The number of aliphatic hydroxyl groups is 1. The molecule has 94 valence electrons. The van der Waals surface area contributed by atoms with E-state index in [-0.39, 0.29) is 35.5 Å². The molecule has 1 aliphatic heterocycles. The third kappa shape index (κ3) is 2.30. The number of nitrogens with zero attached hydrogens (tertiary/aromatic N) is 1. The summed E-state index contributed by atoms with van der Waals surface area (Å²) in [6, 6.07) is 3.23. The molecule has 0 saturated carbocycles. The molecular formula is C10H11ClFNO3S. The molecule has 0 amide bonds. The van der Waals surface area contributed by atoms with E-state index in [1.54, 1.807) is 0 Å². The zero-order valence-corrected chi connectivity index (χ0v) is 10.4. The fourth-order valence-corrected chi connectivity index (χ4v) is 3.73. The first-order chi connectivity index (χ1) is 7.95. The van der Waals surface area contributed by atoms with Crippen LogP contribution in [0.5, 0.6) is 0 Å². The van der Waals surface area contributed by atoms with Gasteiger partial charge in [0.05, 0.1) is 5.02 Å². The zero-order valence-electron chi connectivity index (χ0n) is 8.81. The second kappa shape index (κ2) is 4.53. The molecule has 1 aromatic carbocycles. The average molecular weight is 280 g/mol. The van der Waals surface area contributed by atoms with Crippen molar-refractivity contribution in [3.63, 3.8) is 0 Å². The molecule has 1 heterocycles. The monoisotopic (exact) mass is 279 g/mol. The van der Waals surface area contributed by atoms with Crippen molar-refractivity contribution in [1.82, 2.24) is 4.31 Å². The smallest absolute Gasteiger partial charge is 0.244 e. The van der Waals surface area contributed by atoms with E-state index in [4.69, 9.17) is 16.7 Å². The van der Waals surface area contributed by atoms with E-state index in [0.717, 1.165) is 12.1 Å². The highest BCUT2D eigenvalue weighted by atomic mass is 35.5. The van der Waals surface area contributed by atoms with E-state index >= 15 is 0 Å². The molecule has 0 aromatic heterocycles. The maximum absolute atomic E-state index is 13.0. The van der Waals surface area contributed by atoms with Crippen LogP contribution in [-0.4, -0.2) is 37.5 Å². The highest BCUT2D eigenvalue weighted by Crippen LogP contribution is 2.29. The van der Waals surface area contributed by atoms with Crippen molar-refractivity contribution in [3.05, 3.63) is 29.0 Å². The van der Waals surface area contributed by atoms with Gasteiger partial charge in [-0.1, -0.05) is 11.6 Å². The number of hydrogen-bond donors (Lipinski definition) is 1. The Hall–Kier alpha value is -0.690. The Morgan fingerprint density at radius 1 is 1.47 bits per heavy atom. The molecule has 1 fully saturated rings. The van der Waals surface area contributed by atoms with Crippen molar-refractivity contribution < 1.29 is 17.9 Å². The summed E-state index contributed by atoms with van der Waals surface area (Å²) in [7, 11) is -3.75. The van der Waals surface area contributed by atoms with Crippen molar-refractivity contribution in [3.8, 4) is 0 Å². The molecular weight excluding hydrogens is 269 g/mol. The van der Waals surface area contributed by atoms with E-state index in [0.29, 0.717) is 0 Å². The average Bonchev–Trinajstić information content (AvgIpc) is 2.19. The number of rotatable bonds is 3. The van der Waals surface area contributed by atoms with Gasteiger partial charge in [-0.05, 0) is 18.2 Å². The van der Waals surface area contributed by atoms with E-state index in [1.165, 1.54) is 10.4 Å². The Morgan fingerprint density at radius 2 is 2.12 bits per heavy atom. The molecule has 0 bridgehead atoms. The van der Waals surface area contributed by atoms with Crippen LogP contribution in [0.1, 0.15) is 0 Å². The molecule has 1 saturated heterocycles.